The van der Waals surface area contributed by atoms with E-state index in [4.69, 9.17) is 20.8 Å². The monoisotopic (exact) mass is 515 g/mol. The molecule has 1 N–H and O–H groups in total. The number of amides is 1. The zero-order chi connectivity index (χ0) is 26.2. The average molecular weight is 516 g/mol. The Labute approximate surface area is 209 Å². The van der Waals surface area contributed by atoms with E-state index in [0.717, 1.165) is 34.9 Å². The van der Waals surface area contributed by atoms with Crippen molar-refractivity contribution in [1.29, 1.82) is 0 Å². The topological polar surface area (TPSA) is 68.5 Å². The molecule has 0 bridgehead atoms. The van der Waals surface area contributed by atoms with Crippen molar-refractivity contribution in [1.82, 2.24) is 0 Å². The Kier molecular flexibility index (Phi) is 6.82. The summed E-state index contributed by atoms with van der Waals surface area (Å²) in [6.07, 6.45) is -4.61. The molecule has 4 aromatic rings. The number of carbonyl (C=O) groups excluding carboxylic acids is 1. The molecule has 1 amide bonds. The number of benzene rings is 3. The number of alkyl halides is 3. The van der Waals surface area contributed by atoms with Crippen LogP contribution in [0, 0.1) is 20.8 Å². The van der Waals surface area contributed by atoms with Crippen molar-refractivity contribution in [3.05, 3.63) is 92.1 Å². The predicted octanol–water partition coefficient (Wildman–Crippen LogP) is 7.07. The Hall–Kier alpha value is -3.78. The Balaban J connectivity index is 1.70. The van der Waals surface area contributed by atoms with Crippen LogP contribution in [-0.2, 0) is 11.0 Å². The molecule has 1 aromatic heterocycles. The van der Waals surface area contributed by atoms with Crippen LogP contribution in [0.4, 0.5) is 18.9 Å². The minimum Gasteiger partial charge on any atom is -0.476 e. The Morgan fingerprint density at radius 2 is 1.69 bits per heavy atom. The first kappa shape index (κ1) is 25.3. The fraction of sp³-hybridized carbons (Fsp3) is 0.185. The third-order valence-corrected chi connectivity index (χ3v) is 5.84. The van der Waals surface area contributed by atoms with Gasteiger partial charge in [0.15, 0.2) is 12.4 Å². The van der Waals surface area contributed by atoms with Crippen molar-refractivity contribution in [3.8, 4) is 17.1 Å². The van der Waals surface area contributed by atoms with Crippen LogP contribution in [-0.4, -0.2) is 12.5 Å². The highest BCUT2D eigenvalue weighted by molar-refractivity contribution is 6.33. The van der Waals surface area contributed by atoms with Crippen molar-refractivity contribution in [2.24, 2.45) is 0 Å². The second kappa shape index (κ2) is 9.70. The van der Waals surface area contributed by atoms with Crippen LogP contribution in [0.15, 0.2) is 63.8 Å². The quantitative estimate of drug-likeness (QED) is 0.308. The molecule has 0 aliphatic carbocycles. The van der Waals surface area contributed by atoms with Crippen molar-refractivity contribution in [2.75, 3.05) is 11.9 Å². The summed E-state index contributed by atoms with van der Waals surface area (Å²) in [5.74, 6) is -0.836. The number of ether oxygens (including phenoxy) is 1. The van der Waals surface area contributed by atoms with E-state index in [9.17, 15) is 22.8 Å². The molecule has 3 aromatic carbocycles. The van der Waals surface area contributed by atoms with Gasteiger partial charge in [-0.25, -0.2) is 0 Å². The zero-order valence-electron chi connectivity index (χ0n) is 19.5. The number of carbonyl (C=O) groups is 1. The Morgan fingerprint density at radius 1 is 1.00 bits per heavy atom. The van der Waals surface area contributed by atoms with Gasteiger partial charge in [0, 0.05) is 5.56 Å². The van der Waals surface area contributed by atoms with E-state index < -0.39 is 29.7 Å². The van der Waals surface area contributed by atoms with Gasteiger partial charge in [0.2, 0.25) is 11.2 Å². The van der Waals surface area contributed by atoms with Gasteiger partial charge in [0.1, 0.15) is 5.58 Å². The van der Waals surface area contributed by atoms with Gasteiger partial charge in [-0.2, -0.15) is 13.2 Å². The van der Waals surface area contributed by atoms with E-state index in [2.05, 4.69) is 5.32 Å². The van der Waals surface area contributed by atoms with Gasteiger partial charge in [-0.3, -0.25) is 9.59 Å². The van der Waals surface area contributed by atoms with E-state index in [0.29, 0.717) is 16.5 Å². The van der Waals surface area contributed by atoms with E-state index in [1.54, 1.807) is 18.2 Å². The standard InChI is InChI=1S/C27H21ClF3NO4/c1-14-4-6-17(7-5-14)25-26(23(34)19-11-15(2)10-16(3)24(19)36-25)35-13-22(33)32-21-12-18(27(29,30)31)8-9-20(21)28/h4-12H,13H2,1-3H3,(H,32,33). The largest absolute Gasteiger partial charge is 0.476 e. The maximum absolute atomic E-state index is 13.4. The molecule has 0 saturated heterocycles. The highest BCUT2D eigenvalue weighted by Gasteiger charge is 2.31. The van der Waals surface area contributed by atoms with Crippen LogP contribution in [0.2, 0.25) is 5.02 Å². The fourth-order valence-electron chi connectivity index (χ4n) is 3.78. The molecule has 186 valence electrons. The van der Waals surface area contributed by atoms with E-state index in [1.807, 2.05) is 39.0 Å². The molecule has 0 atom stereocenters. The molecule has 0 spiro atoms. The van der Waals surface area contributed by atoms with E-state index in [-0.39, 0.29) is 22.2 Å². The number of hydrogen-bond acceptors (Lipinski definition) is 4. The van der Waals surface area contributed by atoms with E-state index in [1.165, 1.54) is 0 Å². The van der Waals surface area contributed by atoms with Gasteiger partial charge in [-0.1, -0.05) is 47.5 Å². The molecule has 5 nitrogen and oxygen atoms in total. The van der Waals surface area contributed by atoms with Crippen LogP contribution in [0.5, 0.6) is 5.75 Å². The molecule has 0 saturated carbocycles. The van der Waals surface area contributed by atoms with Gasteiger partial charge >= 0.3 is 6.18 Å². The SMILES string of the molecule is Cc1ccc(-c2oc3c(C)cc(C)cc3c(=O)c2OCC(=O)Nc2cc(C(F)(F)F)ccc2Cl)cc1. The Bertz CT molecular complexity index is 1530. The second-order valence-corrected chi connectivity index (χ2v) is 8.85. The lowest BCUT2D eigenvalue weighted by Gasteiger charge is -2.14. The molecule has 1 heterocycles. The lowest BCUT2D eigenvalue weighted by molar-refractivity contribution is -0.137. The molecule has 9 heteroatoms. The van der Waals surface area contributed by atoms with Crippen LogP contribution in [0.3, 0.4) is 0 Å². The fourth-order valence-corrected chi connectivity index (χ4v) is 3.94. The number of halogens is 4. The third-order valence-electron chi connectivity index (χ3n) is 5.51. The first-order chi connectivity index (χ1) is 16.9. The molecule has 0 radical (unpaired) electrons. The third kappa shape index (κ3) is 5.23. The first-order valence-electron chi connectivity index (χ1n) is 10.9. The van der Waals surface area contributed by atoms with Gasteiger partial charge < -0.3 is 14.5 Å². The number of nitrogens with one attached hydrogen (secondary N) is 1. The van der Waals surface area contributed by atoms with Crippen LogP contribution < -0.4 is 15.5 Å². The lowest BCUT2D eigenvalue weighted by Crippen LogP contribution is -2.23. The number of rotatable bonds is 5. The average Bonchev–Trinajstić information content (AvgIpc) is 2.80. The molecular weight excluding hydrogens is 495 g/mol. The summed E-state index contributed by atoms with van der Waals surface area (Å²) in [6.45, 7) is 4.91. The first-order valence-corrected chi connectivity index (χ1v) is 11.3. The van der Waals surface area contributed by atoms with Crippen molar-refractivity contribution in [2.45, 2.75) is 26.9 Å². The highest BCUT2D eigenvalue weighted by atomic mass is 35.5. The zero-order valence-corrected chi connectivity index (χ0v) is 20.3. The number of fused-ring (bicyclic) bond motifs is 1. The highest BCUT2D eigenvalue weighted by Crippen LogP contribution is 2.35. The summed E-state index contributed by atoms with van der Waals surface area (Å²) in [5, 5.41) is 2.52. The lowest BCUT2D eigenvalue weighted by atomic mass is 10.0. The summed E-state index contributed by atoms with van der Waals surface area (Å²) < 4.78 is 50.9. The van der Waals surface area contributed by atoms with Gasteiger partial charge in [-0.15, -0.1) is 0 Å². The number of aryl methyl sites for hydroxylation is 3. The molecule has 4 rings (SSSR count). The summed E-state index contributed by atoms with van der Waals surface area (Å²) in [7, 11) is 0. The van der Waals surface area contributed by atoms with Gasteiger partial charge in [-0.05, 0) is 56.2 Å². The molecule has 0 aliphatic heterocycles. The van der Waals surface area contributed by atoms with Crippen molar-refractivity contribution in [3.63, 3.8) is 0 Å². The second-order valence-electron chi connectivity index (χ2n) is 8.44. The minimum absolute atomic E-state index is 0.0761. The van der Waals surface area contributed by atoms with Crippen molar-refractivity contribution >= 4 is 34.2 Å². The maximum atomic E-state index is 13.4. The van der Waals surface area contributed by atoms with E-state index >= 15 is 0 Å². The summed E-state index contributed by atoms with van der Waals surface area (Å²) >= 11 is 5.96. The molecule has 0 unspecified atom stereocenters. The smallest absolute Gasteiger partial charge is 0.416 e. The molecule has 36 heavy (non-hydrogen) atoms. The molecule has 0 fully saturated rings. The number of anilines is 1. The molecular formula is C27H21ClF3NO4. The van der Waals surface area contributed by atoms with Crippen LogP contribution in [0.25, 0.3) is 22.3 Å². The van der Waals surface area contributed by atoms with Crippen LogP contribution >= 0.6 is 11.6 Å². The van der Waals surface area contributed by atoms with Crippen LogP contribution in [0.1, 0.15) is 22.3 Å². The number of hydrogen-bond donors (Lipinski definition) is 1. The minimum atomic E-state index is -4.61. The normalized spacial score (nSPS) is 11.5. The molecule has 0 aliphatic rings. The summed E-state index contributed by atoms with van der Waals surface area (Å²) in [4.78, 5) is 26.0. The predicted molar refractivity (Wildman–Crippen MR) is 133 cm³/mol. The Morgan fingerprint density at radius 3 is 2.36 bits per heavy atom. The van der Waals surface area contributed by atoms with Gasteiger partial charge in [0.25, 0.3) is 5.91 Å². The van der Waals surface area contributed by atoms with Gasteiger partial charge in [0.05, 0.1) is 21.7 Å². The summed E-state index contributed by atoms with van der Waals surface area (Å²) in [5.41, 5.74) is 1.90. The maximum Gasteiger partial charge on any atom is 0.416 e. The van der Waals surface area contributed by atoms with Crippen molar-refractivity contribution < 1.29 is 27.1 Å². The summed E-state index contributed by atoms with van der Waals surface area (Å²) in [6, 6.07) is 13.3.